The maximum absolute atomic E-state index is 12.2. The number of amides is 1. The van der Waals surface area contributed by atoms with Crippen molar-refractivity contribution in [2.75, 3.05) is 0 Å². The molecule has 0 fully saturated rings. The SMILES string of the molecule is O=C(NCc1nccnc1-c1ccsc1)[C@@H]1CC=CCC1. The average Bonchev–Trinajstić information content (AvgIpc) is 3.08. The van der Waals surface area contributed by atoms with Crippen LogP contribution in [0.1, 0.15) is 25.0 Å². The summed E-state index contributed by atoms with van der Waals surface area (Å²) in [6.45, 7) is 0.429. The Morgan fingerprint density at radius 1 is 1.33 bits per heavy atom. The van der Waals surface area contributed by atoms with Gasteiger partial charge in [-0.05, 0) is 30.7 Å². The molecule has 0 unspecified atom stereocenters. The molecule has 3 rings (SSSR count). The zero-order chi connectivity index (χ0) is 14.5. The van der Waals surface area contributed by atoms with E-state index in [4.69, 9.17) is 0 Å². The Labute approximate surface area is 128 Å². The average molecular weight is 299 g/mol. The fourth-order valence-electron chi connectivity index (χ4n) is 2.48. The minimum atomic E-state index is 0.0938. The Kier molecular flexibility index (Phi) is 4.40. The summed E-state index contributed by atoms with van der Waals surface area (Å²) in [4.78, 5) is 20.9. The highest BCUT2D eigenvalue weighted by Gasteiger charge is 2.19. The summed E-state index contributed by atoms with van der Waals surface area (Å²) >= 11 is 1.63. The fraction of sp³-hybridized carbons (Fsp3) is 0.312. The van der Waals surface area contributed by atoms with Crippen LogP contribution < -0.4 is 5.32 Å². The molecule has 1 amide bonds. The van der Waals surface area contributed by atoms with Gasteiger partial charge in [0.25, 0.3) is 0 Å². The van der Waals surface area contributed by atoms with Crippen LogP contribution in [-0.4, -0.2) is 15.9 Å². The van der Waals surface area contributed by atoms with Crippen molar-refractivity contribution in [1.29, 1.82) is 0 Å². The third-order valence-electron chi connectivity index (χ3n) is 3.64. The molecule has 0 radical (unpaired) electrons. The molecule has 1 N–H and O–H groups in total. The lowest BCUT2D eigenvalue weighted by molar-refractivity contribution is -0.125. The van der Waals surface area contributed by atoms with Crippen LogP contribution in [0.2, 0.25) is 0 Å². The first-order valence-electron chi connectivity index (χ1n) is 7.10. The van der Waals surface area contributed by atoms with E-state index in [1.54, 1.807) is 23.7 Å². The van der Waals surface area contributed by atoms with Gasteiger partial charge in [0.1, 0.15) is 0 Å². The van der Waals surface area contributed by atoms with Crippen LogP contribution in [0.25, 0.3) is 11.3 Å². The number of carbonyl (C=O) groups is 1. The van der Waals surface area contributed by atoms with Gasteiger partial charge in [0, 0.05) is 29.3 Å². The van der Waals surface area contributed by atoms with Gasteiger partial charge < -0.3 is 5.32 Å². The van der Waals surface area contributed by atoms with Gasteiger partial charge in [-0.2, -0.15) is 11.3 Å². The predicted molar refractivity (Wildman–Crippen MR) is 83.7 cm³/mol. The van der Waals surface area contributed by atoms with Crippen LogP contribution in [0, 0.1) is 5.92 Å². The molecular weight excluding hydrogens is 282 g/mol. The molecule has 1 aliphatic carbocycles. The van der Waals surface area contributed by atoms with E-state index in [0.717, 1.165) is 36.2 Å². The van der Waals surface area contributed by atoms with E-state index in [1.165, 1.54) is 0 Å². The van der Waals surface area contributed by atoms with Gasteiger partial charge >= 0.3 is 0 Å². The highest BCUT2D eigenvalue weighted by atomic mass is 32.1. The zero-order valence-corrected chi connectivity index (χ0v) is 12.5. The van der Waals surface area contributed by atoms with Gasteiger partial charge in [-0.25, -0.2) is 0 Å². The Morgan fingerprint density at radius 3 is 3.00 bits per heavy atom. The van der Waals surface area contributed by atoms with E-state index < -0.39 is 0 Å². The minimum absolute atomic E-state index is 0.0938. The molecule has 0 spiro atoms. The van der Waals surface area contributed by atoms with Gasteiger partial charge in [0.15, 0.2) is 0 Å². The lowest BCUT2D eigenvalue weighted by Crippen LogP contribution is -2.31. The van der Waals surface area contributed by atoms with Crippen molar-refractivity contribution in [1.82, 2.24) is 15.3 Å². The van der Waals surface area contributed by atoms with E-state index >= 15 is 0 Å². The molecule has 5 heteroatoms. The van der Waals surface area contributed by atoms with Crippen LogP contribution in [0.4, 0.5) is 0 Å². The number of allylic oxidation sites excluding steroid dienone is 2. The Hall–Kier alpha value is -2.01. The first-order valence-corrected chi connectivity index (χ1v) is 8.04. The summed E-state index contributed by atoms with van der Waals surface area (Å²) in [6, 6.07) is 2.02. The number of carbonyl (C=O) groups excluding carboxylic acids is 1. The summed E-state index contributed by atoms with van der Waals surface area (Å²) in [5, 5.41) is 7.06. The summed E-state index contributed by atoms with van der Waals surface area (Å²) in [6.07, 6.45) is 10.3. The van der Waals surface area contributed by atoms with E-state index in [1.807, 2.05) is 16.8 Å². The fourth-order valence-corrected chi connectivity index (χ4v) is 3.12. The number of thiophene rings is 1. The molecule has 0 saturated carbocycles. The number of hydrogen-bond acceptors (Lipinski definition) is 4. The second-order valence-electron chi connectivity index (χ2n) is 5.06. The highest BCUT2D eigenvalue weighted by Crippen LogP contribution is 2.22. The molecule has 4 nitrogen and oxygen atoms in total. The molecule has 1 aliphatic rings. The topological polar surface area (TPSA) is 54.9 Å². The van der Waals surface area contributed by atoms with Crippen molar-refractivity contribution in [2.45, 2.75) is 25.8 Å². The van der Waals surface area contributed by atoms with E-state index in [0.29, 0.717) is 6.54 Å². The largest absolute Gasteiger partial charge is 0.350 e. The molecular formula is C16H17N3OS. The second kappa shape index (κ2) is 6.63. The first-order chi connectivity index (χ1) is 10.3. The van der Waals surface area contributed by atoms with Gasteiger partial charge in [-0.1, -0.05) is 12.2 Å². The molecule has 2 heterocycles. The summed E-state index contributed by atoms with van der Waals surface area (Å²) < 4.78 is 0. The maximum atomic E-state index is 12.2. The molecule has 0 aliphatic heterocycles. The van der Waals surface area contributed by atoms with Gasteiger partial charge in [-0.3, -0.25) is 14.8 Å². The smallest absolute Gasteiger partial charge is 0.223 e. The number of aromatic nitrogens is 2. The van der Waals surface area contributed by atoms with Crippen molar-refractivity contribution in [3.8, 4) is 11.3 Å². The molecule has 0 saturated heterocycles. The molecule has 108 valence electrons. The molecule has 0 bridgehead atoms. The van der Waals surface area contributed by atoms with Crippen LogP contribution in [0.5, 0.6) is 0 Å². The quantitative estimate of drug-likeness (QED) is 0.882. The van der Waals surface area contributed by atoms with Crippen molar-refractivity contribution >= 4 is 17.2 Å². The van der Waals surface area contributed by atoms with Crippen LogP contribution >= 0.6 is 11.3 Å². The lowest BCUT2D eigenvalue weighted by atomic mass is 9.93. The number of rotatable bonds is 4. The summed E-state index contributed by atoms with van der Waals surface area (Å²) in [5.41, 5.74) is 2.72. The second-order valence-corrected chi connectivity index (χ2v) is 5.84. The molecule has 1 atom stereocenters. The minimum Gasteiger partial charge on any atom is -0.350 e. The Bertz CT molecular complexity index is 637. The normalized spacial score (nSPS) is 17.6. The maximum Gasteiger partial charge on any atom is 0.223 e. The Balaban J connectivity index is 1.68. The first kappa shape index (κ1) is 13.9. The third kappa shape index (κ3) is 3.36. The van der Waals surface area contributed by atoms with E-state index in [-0.39, 0.29) is 11.8 Å². The number of nitrogens with one attached hydrogen (secondary N) is 1. The summed E-state index contributed by atoms with van der Waals surface area (Å²) in [7, 11) is 0. The summed E-state index contributed by atoms with van der Waals surface area (Å²) in [5.74, 6) is 0.206. The lowest BCUT2D eigenvalue weighted by Gasteiger charge is -2.17. The predicted octanol–water partition coefficient (Wildman–Crippen LogP) is 3.18. The van der Waals surface area contributed by atoms with Crippen LogP contribution in [0.15, 0.2) is 41.4 Å². The highest BCUT2D eigenvalue weighted by molar-refractivity contribution is 7.08. The van der Waals surface area contributed by atoms with Crippen molar-refractivity contribution in [3.05, 3.63) is 47.1 Å². The van der Waals surface area contributed by atoms with Crippen LogP contribution in [0.3, 0.4) is 0 Å². The van der Waals surface area contributed by atoms with Gasteiger partial charge in [0.2, 0.25) is 5.91 Å². The van der Waals surface area contributed by atoms with Crippen molar-refractivity contribution < 1.29 is 4.79 Å². The molecule has 2 aromatic heterocycles. The van der Waals surface area contributed by atoms with Crippen molar-refractivity contribution in [2.24, 2.45) is 5.92 Å². The monoisotopic (exact) mass is 299 g/mol. The van der Waals surface area contributed by atoms with Gasteiger partial charge in [0.05, 0.1) is 17.9 Å². The molecule has 21 heavy (non-hydrogen) atoms. The zero-order valence-electron chi connectivity index (χ0n) is 11.7. The Morgan fingerprint density at radius 2 is 2.24 bits per heavy atom. The number of hydrogen-bond donors (Lipinski definition) is 1. The van der Waals surface area contributed by atoms with Crippen molar-refractivity contribution in [3.63, 3.8) is 0 Å². The third-order valence-corrected chi connectivity index (χ3v) is 4.32. The van der Waals surface area contributed by atoms with Crippen LogP contribution in [-0.2, 0) is 11.3 Å². The number of nitrogens with zero attached hydrogens (tertiary/aromatic N) is 2. The van der Waals surface area contributed by atoms with Gasteiger partial charge in [-0.15, -0.1) is 0 Å². The van der Waals surface area contributed by atoms with E-state index in [9.17, 15) is 4.79 Å². The molecule has 0 aromatic carbocycles. The van der Waals surface area contributed by atoms with E-state index in [2.05, 4.69) is 27.4 Å². The standard InChI is InChI=1S/C16H17N3OS/c20-16(12-4-2-1-3-5-12)19-10-14-15(18-8-7-17-14)13-6-9-21-11-13/h1-2,6-9,11-12H,3-5,10H2,(H,19,20)/t12-/m1/s1. The molecule has 2 aromatic rings.